The third kappa shape index (κ3) is 4.21. The number of benzene rings is 1. The first kappa shape index (κ1) is 11.9. The first-order valence-corrected chi connectivity index (χ1v) is 4.88. The predicted octanol–water partition coefficient (Wildman–Crippen LogP) is 3.02. The number of hydrogen-bond acceptors (Lipinski definition) is 1. The fourth-order valence-corrected chi connectivity index (χ4v) is 1.20. The van der Waals surface area contributed by atoms with Crippen LogP contribution < -0.4 is 5.32 Å². The van der Waals surface area contributed by atoms with Crippen LogP contribution >= 0.6 is 0 Å². The Balaban J connectivity index is 2.43. The van der Waals surface area contributed by atoms with E-state index in [0.29, 0.717) is 12.1 Å². The van der Waals surface area contributed by atoms with Gasteiger partial charge in [-0.1, -0.05) is 5.57 Å². The molecular formula is C12H15F2N. The van der Waals surface area contributed by atoms with Crippen molar-refractivity contribution in [3.8, 4) is 0 Å². The predicted molar refractivity (Wildman–Crippen MR) is 57.5 cm³/mol. The zero-order chi connectivity index (χ0) is 11.3. The van der Waals surface area contributed by atoms with E-state index in [1.54, 1.807) is 0 Å². The highest BCUT2D eigenvalue weighted by atomic mass is 19.1. The van der Waals surface area contributed by atoms with E-state index >= 15 is 0 Å². The molecule has 0 radical (unpaired) electrons. The largest absolute Gasteiger partial charge is 0.312 e. The van der Waals surface area contributed by atoms with Gasteiger partial charge < -0.3 is 5.32 Å². The van der Waals surface area contributed by atoms with Gasteiger partial charge in [-0.25, -0.2) is 8.78 Å². The Hall–Kier alpha value is -1.22. The second-order valence-corrected chi connectivity index (χ2v) is 3.62. The minimum absolute atomic E-state index is 0.344. The van der Waals surface area contributed by atoms with Gasteiger partial charge in [-0.15, -0.1) is 6.58 Å². The van der Waals surface area contributed by atoms with Gasteiger partial charge in [0, 0.05) is 12.1 Å². The molecule has 1 N–H and O–H groups in total. The average Bonchev–Trinajstić information content (AvgIpc) is 2.17. The summed E-state index contributed by atoms with van der Waals surface area (Å²) in [5.74, 6) is -0.785. The van der Waals surface area contributed by atoms with Gasteiger partial charge in [0.15, 0.2) is 0 Å². The first-order chi connectivity index (χ1) is 7.09. The molecule has 0 saturated heterocycles. The van der Waals surface area contributed by atoms with Gasteiger partial charge in [0.25, 0.3) is 0 Å². The number of nitrogens with one attached hydrogen (secondary N) is 1. The number of rotatable bonds is 5. The van der Waals surface area contributed by atoms with Crippen LogP contribution in [0.4, 0.5) is 8.78 Å². The van der Waals surface area contributed by atoms with Crippen molar-refractivity contribution < 1.29 is 8.78 Å². The van der Waals surface area contributed by atoms with Crippen molar-refractivity contribution in [3.05, 3.63) is 47.5 Å². The Bertz CT molecular complexity index is 347. The number of hydrogen-bond donors (Lipinski definition) is 1. The monoisotopic (exact) mass is 211 g/mol. The third-order valence-corrected chi connectivity index (χ3v) is 2.05. The van der Waals surface area contributed by atoms with Gasteiger partial charge in [0.2, 0.25) is 0 Å². The molecule has 0 amide bonds. The Kier molecular flexibility index (Phi) is 4.43. The highest BCUT2D eigenvalue weighted by Gasteiger charge is 2.02. The lowest BCUT2D eigenvalue weighted by Crippen LogP contribution is -2.15. The van der Waals surface area contributed by atoms with Crippen LogP contribution in [0, 0.1) is 11.6 Å². The van der Waals surface area contributed by atoms with Crippen molar-refractivity contribution in [3.63, 3.8) is 0 Å². The summed E-state index contributed by atoms with van der Waals surface area (Å²) in [6.45, 7) is 6.76. The molecule has 0 aliphatic rings. The van der Waals surface area contributed by atoms with Crippen LogP contribution in [0.15, 0.2) is 30.4 Å². The lowest BCUT2D eigenvalue weighted by molar-refractivity contribution is 0.569. The van der Waals surface area contributed by atoms with Crippen molar-refractivity contribution in [2.45, 2.75) is 19.9 Å². The maximum atomic E-state index is 13.1. The summed E-state index contributed by atoms with van der Waals surface area (Å²) in [6, 6.07) is 3.47. The smallest absolute Gasteiger partial charge is 0.127 e. The summed E-state index contributed by atoms with van der Waals surface area (Å²) >= 11 is 0. The van der Waals surface area contributed by atoms with E-state index in [0.717, 1.165) is 30.7 Å². The fraction of sp³-hybridized carbons (Fsp3) is 0.333. The molecule has 0 aliphatic heterocycles. The molecule has 0 spiro atoms. The summed E-state index contributed by atoms with van der Waals surface area (Å²) in [5, 5.41) is 3.03. The van der Waals surface area contributed by atoms with Gasteiger partial charge in [0.05, 0.1) is 0 Å². The van der Waals surface area contributed by atoms with E-state index in [1.165, 1.54) is 6.07 Å². The summed E-state index contributed by atoms with van der Waals surface area (Å²) in [5.41, 5.74) is 1.43. The van der Waals surface area contributed by atoms with E-state index in [1.807, 2.05) is 6.92 Å². The second-order valence-electron chi connectivity index (χ2n) is 3.62. The van der Waals surface area contributed by atoms with Crippen molar-refractivity contribution in [2.75, 3.05) is 6.54 Å². The summed E-state index contributed by atoms with van der Waals surface area (Å²) in [4.78, 5) is 0. The van der Waals surface area contributed by atoms with E-state index < -0.39 is 5.82 Å². The molecule has 1 nitrogen and oxygen atoms in total. The van der Waals surface area contributed by atoms with Crippen LogP contribution in [0.25, 0.3) is 0 Å². The molecule has 1 rings (SSSR count). The minimum atomic E-state index is -0.409. The standard InChI is InChI=1S/C12H15F2N/c1-9(2)5-6-15-8-10-7-11(13)3-4-12(10)14/h3-4,7,15H,1,5-6,8H2,2H3. The Labute approximate surface area is 88.8 Å². The molecule has 1 aromatic rings. The fourth-order valence-electron chi connectivity index (χ4n) is 1.20. The summed E-state index contributed by atoms with van der Waals surface area (Å²) in [6.07, 6.45) is 0.844. The lowest BCUT2D eigenvalue weighted by Gasteiger charge is -2.05. The molecule has 0 heterocycles. The van der Waals surface area contributed by atoms with E-state index in [2.05, 4.69) is 11.9 Å². The Morgan fingerprint density at radius 3 is 2.80 bits per heavy atom. The molecule has 3 heteroatoms. The zero-order valence-corrected chi connectivity index (χ0v) is 8.82. The molecule has 0 bridgehead atoms. The van der Waals surface area contributed by atoms with Crippen molar-refractivity contribution >= 4 is 0 Å². The van der Waals surface area contributed by atoms with Crippen molar-refractivity contribution in [2.24, 2.45) is 0 Å². The summed E-state index contributed by atoms with van der Waals surface area (Å²) < 4.78 is 25.9. The van der Waals surface area contributed by atoms with Crippen LogP contribution in [0.1, 0.15) is 18.9 Å². The highest BCUT2D eigenvalue weighted by Crippen LogP contribution is 2.09. The molecular weight excluding hydrogens is 196 g/mol. The maximum absolute atomic E-state index is 13.1. The van der Waals surface area contributed by atoms with E-state index in [-0.39, 0.29) is 5.82 Å². The second kappa shape index (κ2) is 5.61. The molecule has 1 aromatic carbocycles. The lowest BCUT2D eigenvalue weighted by atomic mass is 10.2. The molecule has 0 aliphatic carbocycles. The highest BCUT2D eigenvalue weighted by molar-refractivity contribution is 5.18. The topological polar surface area (TPSA) is 12.0 Å². The van der Waals surface area contributed by atoms with Crippen LogP contribution in [-0.4, -0.2) is 6.54 Å². The summed E-state index contributed by atoms with van der Waals surface area (Å²) in [7, 11) is 0. The van der Waals surface area contributed by atoms with Gasteiger partial charge in [-0.2, -0.15) is 0 Å². The quantitative estimate of drug-likeness (QED) is 0.583. The van der Waals surface area contributed by atoms with E-state index in [4.69, 9.17) is 0 Å². The van der Waals surface area contributed by atoms with E-state index in [9.17, 15) is 8.78 Å². The molecule has 0 fully saturated rings. The maximum Gasteiger partial charge on any atom is 0.127 e. The van der Waals surface area contributed by atoms with Crippen LogP contribution in [0.2, 0.25) is 0 Å². The SMILES string of the molecule is C=C(C)CCNCc1cc(F)ccc1F. The molecule has 15 heavy (non-hydrogen) atoms. The third-order valence-electron chi connectivity index (χ3n) is 2.05. The first-order valence-electron chi connectivity index (χ1n) is 4.88. The molecule has 0 atom stereocenters. The normalized spacial score (nSPS) is 10.3. The zero-order valence-electron chi connectivity index (χ0n) is 8.82. The van der Waals surface area contributed by atoms with Crippen LogP contribution in [0.5, 0.6) is 0 Å². The van der Waals surface area contributed by atoms with Crippen LogP contribution in [0.3, 0.4) is 0 Å². The number of halogens is 2. The van der Waals surface area contributed by atoms with Crippen molar-refractivity contribution in [1.29, 1.82) is 0 Å². The average molecular weight is 211 g/mol. The Morgan fingerprint density at radius 1 is 1.40 bits per heavy atom. The molecule has 0 unspecified atom stereocenters. The van der Waals surface area contributed by atoms with Crippen LogP contribution in [-0.2, 0) is 6.54 Å². The minimum Gasteiger partial charge on any atom is -0.312 e. The van der Waals surface area contributed by atoms with Gasteiger partial charge >= 0.3 is 0 Å². The molecule has 0 aromatic heterocycles. The molecule has 82 valence electrons. The van der Waals surface area contributed by atoms with Gasteiger partial charge in [-0.3, -0.25) is 0 Å². The van der Waals surface area contributed by atoms with Gasteiger partial charge in [0.1, 0.15) is 11.6 Å². The van der Waals surface area contributed by atoms with Crippen molar-refractivity contribution in [1.82, 2.24) is 5.32 Å². The Morgan fingerprint density at radius 2 is 2.13 bits per heavy atom. The van der Waals surface area contributed by atoms with Gasteiger partial charge in [-0.05, 0) is 38.1 Å². The molecule has 0 saturated carbocycles.